The highest BCUT2D eigenvalue weighted by Crippen LogP contribution is 2.19. The van der Waals surface area contributed by atoms with Gasteiger partial charge in [0.2, 0.25) is 0 Å². The molecule has 1 atom stereocenters. The Hall–Kier alpha value is -0.590. The number of ether oxygens (including phenoxy) is 2. The van der Waals surface area contributed by atoms with Crippen molar-refractivity contribution in [2.75, 3.05) is 32.7 Å². The summed E-state index contributed by atoms with van der Waals surface area (Å²) >= 11 is 1.61. The highest BCUT2D eigenvalue weighted by atomic mass is 32.2. The van der Waals surface area contributed by atoms with Crippen LogP contribution >= 0.6 is 11.8 Å². The van der Waals surface area contributed by atoms with Crippen LogP contribution in [0.5, 0.6) is 0 Å². The summed E-state index contributed by atoms with van der Waals surface area (Å²) in [5.41, 5.74) is 6.68. The number of methoxy groups -OCH3 is 1. The second-order valence-corrected chi connectivity index (χ2v) is 4.98. The van der Waals surface area contributed by atoms with Gasteiger partial charge >= 0.3 is 0 Å². The number of nitrogens with two attached hydrogens (primary N) is 1. The smallest absolute Gasteiger partial charge is 0.0867 e. The van der Waals surface area contributed by atoms with Crippen LogP contribution in [0.2, 0.25) is 0 Å². The molecule has 3 N–H and O–H groups in total. The molecule has 0 radical (unpaired) electrons. The molecule has 0 fully saturated rings. The third-order valence-electron chi connectivity index (χ3n) is 2.32. The van der Waals surface area contributed by atoms with E-state index in [1.807, 2.05) is 24.3 Å². The average Bonchev–Trinajstić information content (AvgIpc) is 2.41. The van der Waals surface area contributed by atoms with Gasteiger partial charge in [-0.25, -0.2) is 0 Å². The van der Waals surface area contributed by atoms with E-state index >= 15 is 0 Å². The van der Waals surface area contributed by atoms with Gasteiger partial charge in [0.15, 0.2) is 0 Å². The van der Waals surface area contributed by atoms with Crippen molar-refractivity contribution in [1.82, 2.24) is 0 Å². The normalized spacial score (nSPS) is 12.6. The van der Waals surface area contributed by atoms with Gasteiger partial charge in [-0.3, -0.25) is 0 Å². The van der Waals surface area contributed by atoms with E-state index < -0.39 is 6.10 Å². The van der Waals surface area contributed by atoms with Crippen molar-refractivity contribution in [3.63, 3.8) is 0 Å². The minimum atomic E-state index is -0.464. The number of benzene rings is 1. The maximum absolute atomic E-state index is 9.72. The molecule has 0 aromatic heterocycles. The Labute approximate surface area is 112 Å². The number of hydrogen-bond donors (Lipinski definition) is 2. The summed E-state index contributed by atoms with van der Waals surface area (Å²) in [6.45, 7) is 1.95. The number of aliphatic hydroxyl groups excluding tert-OH is 1. The Morgan fingerprint density at radius 1 is 1.39 bits per heavy atom. The summed E-state index contributed by atoms with van der Waals surface area (Å²) in [6.07, 6.45) is -0.464. The zero-order valence-electron chi connectivity index (χ0n) is 10.7. The van der Waals surface area contributed by atoms with Crippen molar-refractivity contribution in [3.05, 3.63) is 29.8 Å². The molecule has 0 aliphatic heterocycles. The van der Waals surface area contributed by atoms with Crippen LogP contribution in [0.1, 0.15) is 5.56 Å². The standard InChI is InChI=1S/C13H21NO3S/c1-16-5-6-17-9-12(15)10-18-13-4-2-3-11(7-13)8-14/h2-4,7,12,15H,5-6,8-10,14H2,1H3. The van der Waals surface area contributed by atoms with Crippen molar-refractivity contribution in [1.29, 1.82) is 0 Å². The van der Waals surface area contributed by atoms with Crippen LogP contribution in [-0.2, 0) is 16.0 Å². The van der Waals surface area contributed by atoms with E-state index in [0.29, 0.717) is 32.1 Å². The SMILES string of the molecule is COCCOCC(O)CSc1cccc(CN)c1. The van der Waals surface area contributed by atoms with Gasteiger partial charge in [0.1, 0.15) is 0 Å². The first-order valence-electron chi connectivity index (χ1n) is 5.92. The van der Waals surface area contributed by atoms with Gasteiger partial charge in [-0.05, 0) is 17.7 Å². The highest BCUT2D eigenvalue weighted by molar-refractivity contribution is 7.99. The molecule has 0 amide bonds. The summed E-state index contributed by atoms with van der Waals surface area (Å²) < 4.78 is 10.1. The quantitative estimate of drug-likeness (QED) is 0.523. The van der Waals surface area contributed by atoms with Gasteiger partial charge < -0.3 is 20.3 Å². The molecule has 0 heterocycles. The number of aliphatic hydroxyl groups is 1. The first-order valence-corrected chi connectivity index (χ1v) is 6.91. The molecule has 1 aromatic rings. The average molecular weight is 271 g/mol. The predicted molar refractivity (Wildman–Crippen MR) is 73.8 cm³/mol. The van der Waals surface area contributed by atoms with Crippen LogP contribution < -0.4 is 5.73 Å². The topological polar surface area (TPSA) is 64.7 Å². The van der Waals surface area contributed by atoms with Crippen LogP contribution in [0.25, 0.3) is 0 Å². The largest absolute Gasteiger partial charge is 0.390 e. The second kappa shape index (κ2) is 9.35. The number of thioether (sulfide) groups is 1. The molecule has 0 saturated heterocycles. The van der Waals surface area contributed by atoms with E-state index in [0.717, 1.165) is 10.5 Å². The molecular weight excluding hydrogens is 250 g/mol. The van der Waals surface area contributed by atoms with Crippen LogP contribution in [0, 0.1) is 0 Å². The lowest BCUT2D eigenvalue weighted by molar-refractivity contribution is 0.0218. The molecule has 0 aliphatic rings. The summed E-state index contributed by atoms with van der Waals surface area (Å²) in [4.78, 5) is 1.12. The van der Waals surface area contributed by atoms with Crippen molar-refractivity contribution in [2.24, 2.45) is 5.73 Å². The van der Waals surface area contributed by atoms with E-state index in [1.54, 1.807) is 18.9 Å². The molecule has 5 heteroatoms. The van der Waals surface area contributed by atoms with Crippen molar-refractivity contribution in [2.45, 2.75) is 17.5 Å². The highest BCUT2D eigenvalue weighted by Gasteiger charge is 2.05. The van der Waals surface area contributed by atoms with Crippen LogP contribution in [0.4, 0.5) is 0 Å². The summed E-state index contributed by atoms with van der Waals surface area (Å²) in [6, 6.07) is 8.03. The van der Waals surface area contributed by atoms with E-state index in [1.165, 1.54) is 0 Å². The summed E-state index contributed by atoms with van der Waals surface area (Å²) in [5, 5.41) is 9.72. The Kier molecular flexibility index (Phi) is 8.04. The summed E-state index contributed by atoms with van der Waals surface area (Å²) in [5.74, 6) is 0.612. The molecule has 1 aromatic carbocycles. The lowest BCUT2D eigenvalue weighted by Gasteiger charge is -2.11. The Bertz CT molecular complexity index is 336. The van der Waals surface area contributed by atoms with Crippen molar-refractivity contribution >= 4 is 11.8 Å². The third-order valence-corrected chi connectivity index (χ3v) is 3.46. The first-order chi connectivity index (χ1) is 8.76. The second-order valence-electron chi connectivity index (χ2n) is 3.88. The Balaban J connectivity index is 2.22. The van der Waals surface area contributed by atoms with E-state index in [9.17, 15) is 5.11 Å². The van der Waals surface area contributed by atoms with Gasteiger partial charge in [-0.2, -0.15) is 0 Å². The van der Waals surface area contributed by atoms with Crippen molar-refractivity contribution < 1.29 is 14.6 Å². The molecular formula is C13H21NO3S. The van der Waals surface area contributed by atoms with E-state index in [-0.39, 0.29) is 0 Å². The first kappa shape index (κ1) is 15.5. The van der Waals surface area contributed by atoms with Crippen LogP contribution in [-0.4, -0.2) is 43.9 Å². The van der Waals surface area contributed by atoms with Crippen LogP contribution in [0.3, 0.4) is 0 Å². The minimum absolute atomic E-state index is 0.340. The van der Waals surface area contributed by atoms with E-state index in [2.05, 4.69) is 0 Å². The van der Waals surface area contributed by atoms with Crippen LogP contribution in [0.15, 0.2) is 29.2 Å². The molecule has 4 nitrogen and oxygen atoms in total. The van der Waals surface area contributed by atoms with E-state index in [4.69, 9.17) is 15.2 Å². The molecule has 0 saturated carbocycles. The Morgan fingerprint density at radius 2 is 2.22 bits per heavy atom. The molecule has 1 unspecified atom stereocenters. The monoisotopic (exact) mass is 271 g/mol. The fraction of sp³-hybridized carbons (Fsp3) is 0.538. The minimum Gasteiger partial charge on any atom is -0.390 e. The number of rotatable bonds is 9. The van der Waals surface area contributed by atoms with Gasteiger partial charge in [0.25, 0.3) is 0 Å². The lowest BCUT2D eigenvalue weighted by Crippen LogP contribution is -2.19. The number of hydrogen-bond acceptors (Lipinski definition) is 5. The molecule has 102 valence electrons. The van der Waals surface area contributed by atoms with Gasteiger partial charge in [-0.1, -0.05) is 12.1 Å². The fourth-order valence-electron chi connectivity index (χ4n) is 1.36. The molecule has 0 aliphatic carbocycles. The molecule has 1 rings (SSSR count). The van der Waals surface area contributed by atoms with Crippen molar-refractivity contribution in [3.8, 4) is 0 Å². The predicted octanol–water partition coefficient (Wildman–Crippen LogP) is 1.26. The fourth-order valence-corrected chi connectivity index (χ4v) is 2.25. The van der Waals surface area contributed by atoms with Gasteiger partial charge in [0, 0.05) is 24.3 Å². The van der Waals surface area contributed by atoms with Gasteiger partial charge in [-0.15, -0.1) is 11.8 Å². The maximum atomic E-state index is 9.72. The maximum Gasteiger partial charge on any atom is 0.0867 e. The zero-order valence-corrected chi connectivity index (χ0v) is 11.5. The van der Waals surface area contributed by atoms with Gasteiger partial charge in [0.05, 0.1) is 25.9 Å². The third kappa shape index (κ3) is 6.37. The molecule has 0 bridgehead atoms. The zero-order chi connectivity index (χ0) is 13.2. The molecule has 18 heavy (non-hydrogen) atoms. The lowest BCUT2D eigenvalue weighted by atomic mass is 10.2. The Morgan fingerprint density at radius 3 is 2.94 bits per heavy atom. The summed E-state index contributed by atoms with van der Waals surface area (Å²) in [7, 11) is 1.63. The molecule has 0 spiro atoms.